The summed E-state index contributed by atoms with van der Waals surface area (Å²) in [5, 5.41) is 3.53. The lowest BCUT2D eigenvalue weighted by Gasteiger charge is -2.35. The van der Waals surface area contributed by atoms with Crippen molar-refractivity contribution in [3.8, 4) is 0 Å². The summed E-state index contributed by atoms with van der Waals surface area (Å²) in [6.07, 6.45) is 6.54. The van der Waals surface area contributed by atoms with Crippen molar-refractivity contribution < 1.29 is 4.79 Å². The Kier molecular flexibility index (Phi) is 10.7. The standard InChI is InChI=1S/C18H35N5O.HI/c1-3-22-11-7-15(8-12-22)6-9-21-18(20-2)23-10-4-5-16(14-23)13-17(19)24;/h15-16H,3-14H2,1-2H3,(H2,19,24)(H,20,21);1H. The Hall–Kier alpha value is -0.570. The maximum absolute atomic E-state index is 11.2. The number of hydrogen-bond acceptors (Lipinski definition) is 3. The van der Waals surface area contributed by atoms with Crippen molar-refractivity contribution in [3.05, 3.63) is 0 Å². The molecule has 0 saturated carbocycles. The molecule has 2 saturated heterocycles. The molecule has 0 radical (unpaired) electrons. The molecule has 1 atom stereocenters. The molecule has 146 valence electrons. The highest BCUT2D eigenvalue weighted by Crippen LogP contribution is 2.21. The van der Waals surface area contributed by atoms with Crippen molar-refractivity contribution in [1.82, 2.24) is 15.1 Å². The van der Waals surface area contributed by atoms with E-state index in [-0.39, 0.29) is 29.9 Å². The van der Waals surface area contributed by atoms with Gasteiger partial charge in [0.1, 0.15) is 0 Å². The normalized spacial score (nSPS) is 23.2. The second-order valence-electron chi connectivity index (χ2n) is 7.27. The number of rotatable bonds is 6. The van der Waals surface area contributed by atoms with Crippen LogP contribution in [0.3, 0.4) is 0 Å². The van der Waals surface area contributed by atoms with Gasteiger partial charge in [0.25, 0.3) is 0 Å². The molecule has 2 rings (SSSR count). The molecule has 0 aromatic rings. The zero-order chi connectivity index (χ0) is 17.4. The fourth-order valence-corrected chi connectivity index (χ4v) is 4.02. The Balaban J connectivity index is 0.00000312. The molecule has 1 unspecified atom stereocenters. The van der Waals surface area contributed by atoms with Gasteiger partial charge in [0.15, 0.2) is 5.96 Å². The molecule has 0 aromatic heterocycles. The minimum Gasteiger partial charge on any atom is -0.370 e. The number of nitrogens with one attached hydrogen (secondary N) is 1. The lowest BCUT2D eigenvalue weighted by Crippen LogP contribution is -2.47. The number of halogens is 1. The predicted octanol–water partition coefficient (Wildman–Crippen LogP) is 1.89. The van der Waals surface area contributed by atoms with Gasteiger partial charge in [-0.15, -0.1) is 24.0 Å². The average Bonchev–Trinajstić information content (AvgIpc) is 2.59. The summed E-state index contributed by atoms with van der Waals surface area (Å²) >= 11 is 0. The number of piperidine rings is 2. The molecule has 3 N–H and O–H groups in total. The average molecular weight is 465 g/mol. The number of hydrogen-bond donors (Lipinski definition) is 2. The van der Waals surface area contributed by atoms with Crippen LogP contribution in [-0.4, -0.2) is 68.0 Å². The Morgan fingerprint density at radius 3 is 2.52 bits per heavy atom. The van der Waals surface area contributed by atoms with E-state index in [2.05, 4.69) is 27.0 Å². The van der Waals surface area contributed by atoms with E-state index < -0.39 is 0 Å². The highest BCUT2D eigenvalue weighted by molar-refractivity contribution is 14.0. The van der Waals surface area contributed by atoms with E-state index in [1.807, 2.05) is 7.05 Å². The summed E-state index contributed by atoms with van der Waals surface area (Å²) in [4.78, 5) is 20.4. The molecule has 1 amide bonds. The Bertz CT molecular complexity index is 424. The van der Waals surface area contributed by atoms with Crippen LogP contribution in [0.2, 0.25) is 0 Å². The fraction of sp³-hybridized carbons (Fsp3) is 0.889. The first kappa shape index (κ1) is 22.5. The van der Waals surface area contributed by atoms with Crippen molar-refractivity contribution in [2.75, 3.05) is 46.3 Å². The number of carbonyl (C=O) groups is 1. The number of amides is 1. The third-order valence-electron chi connectivity index (χ3n) is 5.51. The first-order chi connectivity index (χ1) is 11.6. The lowest BCUT2D eigenvalue weighted by molar-refractivity contribution is -0.119. The summed E-state index contributed by atoms with van der Waals surface area (Å²) in [6, 6.07) is 0. The van der Waals surface area contributed by atoms with Gasteiger partial charge in [0, 0.05) is 33.1 Å². The van der Waals surface area contributed by atoms with E-state index in [9.17, 15) is 4.79 Å². The SMILES string of the molecule is CCN1CCC(CCNC(=NC)N2CCCC(CC(N)=O)C2)CC1.I. The second kappa shape index (κ2) is 11.9. The third-order valence-corrected chi connectivity index (χ3v) is 5.51. The maximum atomic E-state index is 11.2. The largest absolute Gasteiger partial charge is 0.370 e. The van der Waals surface area contributed by atoms with Crippen LogP contribution in [0.25, 0.3) is 0 Å². The van der Waals surface area contributed by atoms with Crippen molar-refractivity contribution in [1.29, 1.82) is 0 Å². The predicted molar refractivity (Wildman–Crippen MR) is 114 cm³/mol. The number of primary amides is 1. The highest BCUT2D eigenvalue weighted by atomic mass is 127. The van der Waals surface area contributed by atoms with Crippen molar-refractivity contribution in [2.24, 2.45) is 22.6 Å². The van der Waals surface area contributed by atoms with Gasteiger partial charge in [0.05, 0.1) is 0 Å². The second-order valence-corrected chi connectivity index (χ2v) is 7.27. The van der Waals surface area contributed by atoms with E-state index in [0.717, 1.165) is 44.4 Å². The van der Waals surface area contributed by atoms with Gasteiger partial charge in [0.2, 0.25) is 5.91 Å². The smallest absolute Gasteiger partial charge is 0.217 e. The van der Waals surface area contributed by atoms with E-state index >= 15 is 0 Å². The molecule has 7 heteroatoms. The van der Waals surface area contributed by atoms with Crippen LogP contribution in [0.15, 0.2) is 4.99 Å². The van der Waals surface area contributed by atoms with E-state index in [1.165, 1.54) is 38.9 Å². The van der Waals surface area contributed by atoms with Gasteiger partial charge in [-0.3, -0.25) is 9.79 Å². The van der Waals surface area contributed by atoms with Gasteiger partial charge >= 0.3 is 0 Å². The molecule has 25 heavy (non-hydrogen) atoms. The number of nitrogens with two attached hydrogens (primary N) is 1. The van der Waals surface area contributed by atoms with Crippen molar-refractivity contribution >= 4 is 35.8 Å². The van der Waals surface area contributed by atoms with Crippen molar-refractivity contribution in [2.45, 2.75) is 45.4 Å². The molecule has 0 bridgehead atoms. The molecule has 0 aromatic carbocycles. The summed E-state index contributed by atoms with van der Waals surface area (Å²) in [5.74, 6) is 1.99. The zero-order valence-corrected chi connectivity index (χ0v) is 18.2. The number of nitrogens with zero attached hydrogens (tertiary/aromatic N) is 3. The minimum absolute atomic E-state index is 0. The van der Waals surface area contributed by atoms with Crippen LogP contribution in [-0.2, 0) is 4.79 Å². The van der Waals surface area contributed by atoms with Gasteiger partial charge in [-0.25, -0.2) is 0 Å². The van der Waals surface area contributed by atoms with E-state index in [0.29, 0.717) is 12.3 Å². The summed E-state index contributed by atoms with van der Waals surface area (Å²) in [7, 11) is 1.85. The van der Waals surface area contributed by atoms with Crippen molar-refractivity contribution in [3.63, 3.8) is 0 Å². The molecule has 0 aliphatic carbocycles. The molecule has 2 aliphatic heterocycles. The van der Waals surface area contributed by atoms with Crippen LogP contribution in [0.5, 0.6) is 0 Å². The van der Waals surface area contributed by atoms with Crippen LogP contribution in [0.1, 0.15) is 45.4 Å². The van der Waals surface area contributed by atoms with Gasteiger partial charge in [-0.1, -0.05) is 6.92 Å². The monoisotopic (exact) mass is 465 g/mol. The minimum atomic E-state index is -0.191. The highest BCUT2D eigenvalue weighted by Gasteiger charge is 2.24. The van der Waals surface area contributed by atoms with E-state index in [1.54, 1.807) is 0 Å². The molecule has 0 spiro atoms. The number of carbonyl (C=O) groups excluding carboxylic acids is 1. The van der Waals surface area contributed by atoms with Gasteiger partial charge in [-0.05, 0) is 63.6 Å². The Morgan fingerprint density at radius 2 is 1.92 bits per heavy atom. The maximum Gasteiger partial charge on any atom is 0.217 e. The van der Waals surface area contributed by atoms with Gasteiger partial charge < -0.3 is 20.9 Å². The van der Waals surface area contributed by atoms with Crippen LogP contribution in [0, 0.1) is 11.8 Å². The zero-order valence-electron chi connectivity index (χ0n) is 15.9. The molecular weight excluding hydrogens is 429 g/mol. The quantitative estimate of drug-likeness (QED) is 0.357. The van der Waals surface area contributed by atoms with Crippen LogP contribution < -0.4 is 11.1 Å². The molecule has 2 aliphatic rings. The fourth-order valence-electron chi connectivity index (χ4n) is 4.02. The van der Waals surface area contributed by atoms with Crippen LogP contribution in [0.4, 0.5) is 0 Å². The van der Waals surface area contributed by atoms with E-state index in [4.69, 9.17) is 5.73 Å². The summed E-state index contributed by atoms with van der Waals surface area (Å²) in [5.41, 5.74) is 5.35. The molecule has 2 fully saturated rings. The molecule has 2 heterocycles. The van der Waals surface area contributed by atoms with Gasteiger partial charge in [-0.2, -0.15) is 0 Å². The first-order valence-electron chi connectivity index (χ1n) is 9.58. The molecular formula is C18H36IN5O. The first-order valence-corrected chi connectivity index (χ1v) is 9.58. The third kappa shape index (κ3) is 7.68. The summed E-state index contributed by atoms with van der Waals surface area (Å²) < 4.78 is 0. The molecule has 6 nitrogen and oxygen atoms in total. The summed E-state index contributed by atoms with van der Waals surface area (Å²) in [6.45, 7) is 8.81. The number of guanidine groups is 1. The Labute approximate surface area is 170 Å². The lowest BCUT2D eigenvalue weighted by atomic mass is 9.93. The topological polar surface area (TPSA) is 74.0 Å². The number of likely N-dealkylation sites (tertiary alicyclic amines) is 2. The Morgan fingerprint density at radius 1 is 1.20 bits per heavy atom. The number of aliphatic imine (C=N–C) groups is 1. The van der Waals surface area contributed by atoms with Crippen LogP contribution >= 0.6 is 24.0 Å².